The van der Waals surface area contributed by atoms with E-state index >= 15 is 0 Å². The zero-order valence-corrected chi connectivity index (χ0v) is 27.7. The first kappa shape index (κ1) is 26.8. The summed E-state index contributed by atoms with van der Waals surface area (Å²) in [6.45, 7) is 7.10. The summed E-state index contributed by atoms with van der Waals surface area (Å²) < 4.78 is 0. The maximum Gasteiger partial charge on any atom is 0.252 e. The highest BCUT2D eigenvalue weighted by Gasteiger charge is 2.62. The lowest BCUT2D eigenvalue weighted by molar-refractivity contribution is -0.0419. The zero-order valence-electron chi connectivity index (χ0n) is 27.7. The Morgan fingerprint density at radius 1 is 0.596 bits per heavy atom. The predicted molar refractivity (Wildman–Crippen MR) is 197 cm³/mol. The minimum absolute atomic E-state index is 0.118. The molecule has 4 bridgehead atoms. The van der Waals surface area contributed by atoms with Gasteiger partial charge in [0.25, 0.3) is 6.71 Å². The van der Waals surface area contributed by atoms with Crippen LogP contribution < -0.4 is 26.2 Å². The van der Waals surface area contributed by atoms with Gasteiger partial charge in [0.1, 0.15) is 0 Å². The average molecular weight is 609 g/mol. The lowest BCUT2D eigenvalue weighted by Gasteiger charge is -2.64. The topological polar surface area (TPSA) is 6.48 Å². The third kappa shape index (κ3) is 3.24. The Labute approximate surface area is 279 Å². The van der Waals surface area contributed by atoms with Gasteiger partial charge in [0.05, 0.1) is 5.69 Å². The lowest BCUT2D eigenvalue weighted by Crippen LogP contribution is -2.64. The molecule has 0 aromatic heterocycles. The number of benzene rings is 5. The minimum Gasteiger partial charge on any atom is -0.311 e. The van der Waals surface area contributed by atoms with Crippen molar-refractivity contribution in [2.24, 2.45) is 23.7 Å². The smallest absolute Gasteiger partial charge is 0.252 e. The number of para-hydroxylation sites is 3. The Balaban J connectivity index is 1.24. The molecule has 0 radical (unpaired) electrons. The van der Waals surface area contributed by atoms with Crippen molar-refractivity contribution in [2.45, 2.75) is 64.2 Å². The number of rotatable bonds is 2. The second-order valence-electron chi connectivity index (χ2n) is 16.0. The molecule has 0 saturated heterocycles. The van der Waals surface area contributed by atoms with Crippen LogP contribution in [0.2, 0.25) is 0 Å². The van der Waals surface area contributed by atoms with Gasteiger partial charge in [-0.2, -0.15) is 0 Å². The molecule has 5 aromatic carbocycles. The number of anilines is 6. The van der Waals surface area contributed by atoms with Crippen LogP contribution >= 0.6 is 0 Å². The molecule has 47 heavy (non-hydrogen) atoms. The van der Waals surface area contributed by atoms with Crippen LogP contribution in [0.15, 0.2) is 103 Å². The largest absolute Gasteiger partial charge is 0.311 e. The minimum atomic E-state index is 0.118. The van der Waals surface area contributed by atoms with Crippen LogP contribution in [-0.4, -0.2) is 6.71 Å². The highest BCUT2D eigenvalue weighted by molar-refractivity contribution is 7.00. The molecule has 7 aliphatic rings. The van der Waals surface area contributed by atoms with Gasteiger partial charge in [0.15, 0.2) is 0 Å². The highest BCUT2D eigenvalue weighted by atomic mass is 15.2. The predicted octanol–water partition coefficient (Wildman–Crippen LogP) is 9.26. The number of hydrogen-bond acceptors (Lipinski definition) is 2. The summed E-state index contributed by atoms with van der Waals surface area (Å²) in [5.41, 5.74) is 18.6. The lowest BCUT2D eigenvalue weighted by atomic mass is 9.32. The van der Waals surface area contributed by atoms with Crippen molar-refractivity contribution in [3.05, 3.63) is 125 Å². The molecule has 4 saturated carbocycles. The second-order valence-corrected chi connectivity index (χ2v) is 16.0. The molecule has 0 atom stereocenters. The average Bonchev–Trinajstić information content (AvgIpc) is 3.08. The van der Waals surface area contributed by atoms with Crippen LogP contribution in [0.3, 0.4) is 0 Å². The maximum absolute atomic E-state index is 2.70. The molecule has 3 heteroatoms. The van der Waals surface area contributed by atoms with Gasteiger partial charge < -0.3 is 9.80 Å². The van der Waals surface area contributed by atoms with Crippen LogP contribution in [-0.2, 0) is 5.41 Å². The zero-order chi connectivity index (χ0) is 31.2. The number of hydrogen-bond donors (Lipinski definition) is 0. The van der Waals surface area contributed by atoms with Crippen molar-refractivity contribution in [3.8, 4) is 0 Å². The van der Waals surface area contributed by atoms with Crippen LogP contribution in [0.5, 0.6) is 0 Å². The highest BCUT2D eigenvalue weighted by Crippen LogP contribution is 2.69. The maximum atomic E-state index is 2.70. The van der Waals surface area contributed by atoms with Gasteiger partial charge in [-0.05, 0) is 138 Å². The summed E-state index contributed by atoms with van der Waals surface area (Å²) in [4.78, 5) is 5.28. The van der Waals surface area contributed by atoms with E-state index in [1.165, 1.54) is 93.7 Å². The fourth-order valence-corrected chi connectivity index (χ4v) is 12.0. The molecular formula is C44H41BN2. The number of nitrogens with zero attached hydrogens (tertiary/aromatic N) is 2. The molecule has 4 fully saturated rings. The quantitative estimate of drug-likeness (QED) is 0.181. The van der Waals surface area contributed by atoms with E-state index in [1.54, 1.807) is 11.1 Å². The monoisotopic (exact) mass is 608 g/mol. The Bertz CT molecular complexity index is 2120. The molecule has 2 nitrogen and oxygen atoms in total. The molecule has 5 aromatic rings. The Morgan fingerprint density at radius 3 is 1.98 bits per heavy atom. The van der Waals surface area contributed by atoms with E-state index in [0.29, 0.717) is 5.92 Å². The summed E-state index contributed by atoms with van der Waals surface area (Å²) in [7, 11) is 0. The van der Waals surface area contributed by atoms with E-state index in [2.05, 4.69) is 134 Å². The van der Waals surface area contributed by atoms with Gasteiger partial charge in [0, 0.05) is 33.9 Å². The van der Waals surface area contributed by atoms with E-state index in [1.807, 2.05) is 0 Å². The molecule has 12 rings (SSSR count). The van der Waals surface area contributed by atoms with Crippen LogP contribution in [0.25, 0.3) is 0 Å². The Morgan fingerprint density at radius 2 is 1.23 bits per heavy atom. The van der Waals surface area contributed by atoms with E-state index in [-0.39, 0.29) is 12.1 Å². The van der Waals surface area contributed by atoms with Gasteiger partial charge in [-0.1, -0.05) is 86.6 Å². The Kier molecular flexibility index (Phi) is 5.26. The van der Waals surface area contributed by atoms with E-state index in [0.717, 1.165) is 23.7 Å². The van der Waals surface area contributed by atoms with Crippen LogP contribution in [0, 0.1) is 30.6 Å². The van der Waals surface area contributed by atoms with E-state index in [4.69, 9.17) is 0 Å². The molecule has 3 aliphatic heterocycles. The van der Waals surface area contributed by atoms with Gasteiger partial charge in [-0.3, -0.25) is 0 Å². The number of aryl methyl sites for hydroxylation is 1. The van der Waals surface area contributed by atoms with Crippen LogP contribution in [0.4, 0.5) is 34.1 Å². The summed E-state index contributed by atoms with van der Waals surface area (Å²) in [5, 5.41) is 0. The molecule has 230 valence electrons. The van der Waals surface area contributed by atoms with Crippen molar-refractivity contribution in [1.82, 2.24) is 0 Å². The van der Waals surface area contributed by atoms with Crippen molar-refractivity contribution < 1.29 is 0 Å². The first-order valence-corrected chi connectivity index (χ1v) is 18.2. The van der Waals surface area contributed by atoms with E-state index < -0.39 is 0 Å². The summed E-state index contributed by atoms with van der Waals surface area (Å²) in [6.07, 6.45) is 7.10. The summed E-state index contributed by atoms with van der Waals surface area (Å²) in [5.74, 6) is 3.81. The molecule has 0 amide bonds. The molecule has 4 aliphatic carbocycles. The first-order valence-electron chi connectivity index (χ1n) is 18.2. The fraction of sp³-hybridized carbons (Fsp3) is 0.318. The Hall–Kier alpha value is -4.24. The first-order chi connectivity index (χ1) is 23.0. The van der Waals surface area contributed by atoms with Crippen LogP contribution in [0.1, 0.15) is 74.1 Å². The van der Waals surface area contributed by atoms with Gasteiger partial charge in [-0.25, -0.2) is 0 Å². The second kappa shape index (κ2) is 9.22. The van der Waals surface area contributed by atoms with Crippen molar-refractivity contribution in [3.63, 3.8) is 0 Å². The fourth-order valence-electron chi connectivity index (χ4n) is 12.0. The normalized spacial score (nSPS) is 26.8. The van der Waals surface area contributed by atoms with Crippen molar-refractivity contribution in [2.75, 3.05) is 9.80 Å². The SMILES string of the molecule is Cc1ccccc1N1c2cc(C(C)C)ccc2B2c3cccc4c3N(c3ccccc3C43C4CC5CC(C4)CC3C5)c3cccc1c32. The molecule has 1 spiro atoms. The van der Waals surface area contributed by atoms with E-state index in [9.17, 15) is 0 Å². The molecular weight excluding hydrogens is 567 g/mol. The number of fused-ring (bicyclic) bond motifs is 6. The summed E-state index contributed by atoms with van der Waals surface area (Å²) in [6, 6.07) is 40.5. The van der Waals surface area contributed by atoms with Gasteiger partial charge in [0.2, 0.25) is 0 Å². The molecule has 0 N–H and O–H groups in total. The molecule has 3 heterocycles. The van der Waals surface area contributed by atoms with Crippen molar-refractivity contribution >= 4 is 57.2 Å². The molecule has 0 unspecified atom stereocenters. The summed E-state index contributed by atoms with van der Waals surface area (Å²) >= 11 is 0. The third-order valence-electron chi connectivity index (χ3n) is 13.5. The van der Waals surface area contributed by atoms with Gasteiger partial charge >= 0.3 is 0 Å². The van der Waals surface area contributed by atoms with Crippen molar-refractivity contribution in [1.29, 1.82) is 0 Å². The third-order valence-corrected chi connectivity index (χ3v) is 13.5. The van der Waals surface area contributed by atoms with Gasteiger partial charge in [-0.15, -0.1) is 0 Å². The standard InChI is InChI=1S/C44H41BN2/c1-26(2)30-18-19-35-41(25-30)46(37-14-6-4-10-27(37)3)39-16-9-17-40-42(39)45(35)36-13-8-12-34-43(36)47(40)38-15-7-5-11-33(38)44(34)31-21-28-20-29(23-31)24-32(44)22-28/h4-19,25-26,28-29,31-32H,20-24H2,1-3H3.